The monoisotopic (exact) mass is 317 g/mol. The highest BCUT2D eigenvalue weighted by atomic mass is 19.4. The number of nitrogens with one attached hydrogen (secondary N) is 1. The summed E-state index contributed by atoms with van der Waals surface area (Å²) < 4.78 is 37.5. The van der Waals surface area contributed by atoms with Gasteiger partial charge < -0.3 is 5.32 Å². The van der Waals surface area contributed by atoms with Crippen molar-refractivity contribution in [2.45, 2.75) is 19.6 Å². The number of hydrogen-bond donors (Lipinski definition) is 1. The second kappa shape index (κ2) is 6.32. The van der Waals surface area contributed by atoms with Gasteiger partial charge in [0, 0.05) is 6.54 Å². The Balaban J connectivity index is 2.16. The Labute approximate surface area is 130 Å². The first-order valence-electron chi connectivity index (χ1n) is 6.44. The van der Waals surface area contributed by atoms with Gasteiger partial charge in [0.2, 0.25) is 0 Å². The molecule has 0 aliphatic carbocycles. The lowest BCUT2D eigenvalue weighted by Gasteiger charge is -2.10. The second-order valence-corrected chi connectivity index (χ2v) is 4.63. The lowest BCUT2D eigenvalue weighted by molar-refractivity contribution is -0.137. The molecule has 0 aliphatic rings. The van der Waals surface area contributed by atoms with Gasteiger partial charge in [0.25, 0.3) is 0 Å². The molecule has 5 nitrogen and oxygen atoms in total. The van der Waals surface area contributed by atoms with Crippen LogP contribution in [0.4, 0.5) is 19.0 Å². The first-order valence-corrected chi connectivity index (χ1v) is 6.44. The summed E-state index contributed by atoms with van der Waals surface area (Å²) in [5.74, 6) is 0.306. The van der Waals surface area contributed by atoms with Crippen molar-refractivity contribution in [3.8, 4) is 12.1 Å². The van der Waals surface area contributed by atoms with E-state index in [9.17, 15) is 13.2 Å². The minimum absolute atomic E-state index is 0.0647. The molecule has 8 heteroatoms. The molecular formula is C15H10F3N5. The molecule has 0 spiro atoms. The third kappa shape index (κ3) is 3.74. The quantitative estimate of drug-likeness (QED) is 0.940. The zero-order chi connectivity index (χ0) is 17.0. The highest BCUT2D eigenvalue weighted by Gasteiger charge is 2.29. The average molecular weight is 317 g/mol. The maximum absolute atomic E-state index is 12.5. The van der Waals surface area contributed by atoms with Crippen molar-refractivity contribution in [1.82, 2.24) is 9.97 Å². The van der Waals surface area contributed by atoms with Crippen LogP contribution in [0.25, 0.3) is 0 Å². The molecule has 2 aromatic rings. The van der Waals surface area contributed by atoms with E-state index in [4.69, 9.17) is 10.5 Å². The number of benzene rings is 1. The van der Waals surface area contributed by atoms with Crippen LogP contribution < -0.4 is 5.32 Å². The van der Waals surface area contributed by atoms with Crippen LogP contribution in [0.15, 0.2) is 24.3 Å². The molecule has 1 N–H and O–H groups in total. The van der Waals surface area contributed by atoms with Crippen LogP contribution in [0.3, 0.4) is 0 Å². The van der Waals surface area contributed by atoms with Crippen LogP contribution in [0.1, 0.15) is 28.2 Å². The molecule has 0 saturated carbocycles. The van der Waals surface area contributed by atoms with Crippen molar-refractivity contribution in [2.75, 3.05) is 5.32 Å². The third-order valence-electron chi connectivity index (χ3n) is 3.02. The van der Waals surface area contributed by atoms with Gasteiger partial charge in [-0.25, -0.2) is 9.97 Å². The van der Waals surface area contributed by atoms with Crippen molar-refractivity contribution in [1.29, 1.82) is 10.5 Å². The number of rotatable bonds is 3. The fraction of sp³-hybridized carbons (Fsp3) is 0.200. The van der Waals surface area contributed by atoms with E-state index in [0.717, 1.165) is 12.1 Å². The highest BCUT2D eigenvalue weighted by molar-refractivity contribution is 5.47. The summed E-state index contributed by atoms with van der Waals surface area (Å²) in [6.45, 7) is 1.83. The first-order chi connectivity index (χ1) is 10.8. The minimum Gasteiger partial charge on any atom is -0.364 e. The van der Waals surface area contributed by atoms with Crippen LogP contribution >= 0.6 is 0 Å². The summed E-state index contributed by atoms with van der Waals surface area (Å²) in [6, 6.07) is 8.25. The molecule has 0 fully saturated rings. The first kappa shape index (κ1) is 16.2. The summed E-state index contributed by atoms with van der Waals surface area (Å²) in [7, 11) is 0. The van der Waals surface area contributed by atoms with E-state index in [0.29, 0.717) is 17.1 Å². The van der Waals surface area contributed by atoms with E-state index in [2.05, 4.69) is 15.3 Å². The van der Waals surface area contributed by atoms with Gasteiger partial charge in [0.1, 0.15) is 18.0 Å². The Bertz CT molecular complexity index is 798. The highest BCUT2D eigenvalue weighted by Crippen LogP contribution is 2.29. The molecule has 0 amide bonds. The maximum Gasteiger partial charge on any atom is 0.416 e. The standard InChI is InChI=1S/C15H10F3N5/c1-9-14(23-13(7-20)12(6-19)22-9)21-8-10-2-4-11(5-3-10)15(16,17)18/h2-5H,8H2,1H3,(H,21,23). The van der Waals surface area contributed by atoms with Gasteiger partial charge in [-0.15, -0.1) is 0 Å². The molecule has 2 rings (SSSR count). The molecule has 1 aromatic heterocycles. The number of hydrogen-bond acceptors (Lipinski definition) is 5. The molecule has 0 atom stereocenters. The van der Waals surface area contributed by atoms with Crippen molar-refractivity contribution in [3.63, 3.8) is 0 Å². The molecule has 1 heterocycles. The lowest BCUT2D eigenvalue weighted by atomic mass is 10.1. The van der Waals surface area contributed by atoms with E-state index < -0.39 is 11.7 Å². The Kier molecular flexibility index (Phi) is 4.47. The van der Waals surface area contributed by atoms with Crippen LogP contribution in [-0.4, -0.2) is 9.97 Å². The van der Waals surface area contributed by atoms with Crippen molar-refractivity contribution < 1.29 is 13.2 Å². The third-order valence-corrected chi connectivity index (χ3v) is 3.02. The zero-order valence-electron chi connectivity index (χ0n) is 11.9. The van der Waals surface area contributed by atoms with Crippen molar-refractivity contribution in [3.05, 3.63) is 52.5 Å². The van der Waals surface area contributed by atoms with Crippen LogP contribution in [0.2, 0.25) is 0 Å². The molecular weight excluding hydrogens is 307 g/mol. The van der Waals surface area contributed by atoms with E-state index in [1.54, 1.807) is 19.1 Å². The Morgan fingerprint density at radius 1 is 1.04 bits per heavy atom. The SMILES string of the molecule is Cc1nc(C#N)c(C#N)nc1NCc1ccc(C(F)(F)F)cc1. The molecule has 0 saturated heterocycles. The van der Waals surface area contributed by atoms with Crippen LogP contribution in [0, 0.1) is 29.6 Å². The van der Waals surface area contributed by atoms with Gasteiger partial charge in [-0.3, -0.25) is 0 Å². The number of halogens is 3. The van der Waals surface area contributed by atoms with E-state index >= 15 is 0 Å². The van der Waals surface area contributed by atoms with Crippen LogP contribution in [0.5, 0.6) is 0 Å². The summed E-state index contributed by atoms with van der Waals surface area (Å²) in [5.41, 5.74) is 0.148. The Morgan fingerprint density at radius 2 is 1.61 bits per heavy atom. The zero-order valence-corrected chi connectivity index (χ0v) is 11.9. The molecule has 0 bridgehead atoms. The molecule has 1 aromatic carbocycles. The van der Waals surface area contributed by atoms with Gasteiger partial charge in [-0.1, -0.05) is 12.1 Å². The smallest absolute Gasteiger partial charge is 0.364 e. The van der Waals surface area contributed by atoms with Crippen molar-refractivity contribution in [2.24, 2.45) is 0 Å². The Morgan fingerprint density at radius 3 is 2.13 bits per heavy atom. The number of nitriles is 2. The predicted octanol–water partition coefficient (Wildman–Crippen LogP) is 3.16. The van der Waals surface area contributed by atoms with Crippen LogP contribution in [-0.2, 0) is 12.7 Å². The summed E-state index contributed by atoms with van der Waals surface area (Å²) >= 11 is 0. The van der Waals surface area contributed by atoms with Gasteiger partial charge in [0.15, 0.2) is 11.4 Å². The van der Waals surface area contributed by atoms with Gasteiger partial charge in [-0.05, 0) is 24.6 Å². The maximum atomic E-state index is 12.5. The molecule has 0 unspecified atom stereocenters. The molecule has 0 aliphatic heterocycles. The van der Waals surface area contributed by atoms with E-state index in [-0.39, 0.29) is 17.9 Å². The summed E-state index contributed by atoms with van der Waals surface area (Å²) in [4.78, 5) is 7.96. The van der Waals surface area contributed by atoms with Gasteiger partial charge >= 0.3 is 6.18 Å². The fourth-order valence-corrected chi connectivity index (χ4v) is 1.84. The predicted molar refractivity (Wildman–Crippen MR) is 75.0 cm³/mol. The number of alkyl halides is 3. The normalized spacial score (nSPS) is 10.7. The number of aryl methyl sites for hydroxylation is 1. The van der Waals surface area contributed by atoms with E-state index in [1.165, 1.54) is 12.1 Å². The average Bonchev–Trinajstić information content (AvgIpc) is 2.53. The van der Waals surface area contributed by atoms with E-state index in [1.807, 2.05) is 0 Å². The number of nitrogens with zero attached hydrogens (tertiary/aromatic N) is 4. The lowest BCUT2D eigenvalue weighted by Crippen LogP contribution is -2.08. The van der Waals surface area contributed by atoms with Crippen molar-refractivity contribution >= 4 is 5.82 Å². The molecule has 116 valence electrons. The topological polar surface area (TPSA) is 85.4 Å². The largest absolute Gasteiger partial charge is 0.416 e. The molecule has 0 radical (unpaired) electrons. The summed E-state index contributed by atoms with van der Waals surface area (Å²) in [6.07, 6.45) is -4.37. The fourth-order valence-electron chi connectivity index (χ4n) is 1.84. The number of anilines is 1. The van der Waals surface area contributed by atoms with Gasteiger partial charge in [0.05, 0.1) is 11.3 Å². The Hall–Kier alpha value is -3.13. The number of aromatic nitrogens is 2. The summed E-state index contributed by atoms with van der Waals surface area (Å²) in [5, 5.41) is 20.7. The second-order valence-electron chi connectivity index (χ2n) is 4.63. The molecule has 23 heavy (non-hydrogen) atoms. The minimum atomic E-state index is -4.37. The van der Waals surface area contributed by atoms with Gasteiger partial charge in [-0.2, -0.15) is 23.7 Å².